The largest absolute Gasteiger partial charge is 0.480 e. The lowest BCUT2D eigenvalue weighted by Gasteiger charge is -2.16. The van der Waals surface area contributed by atoms with Gasteiger partial charge in [0.1, 0.15) is 6.04 Å². The third-order valence-electron chi connectivity index (χ3n) is 2.44. The Morgan fingerprint density at radius 3 is 2.22 bits per heavy atom. The standard InChI is InChI=1S/C12H15ClN2O3/c1-7(9-3-5-10(13)6-4-9)14-12(18)15-8(2)11(16)17/h3-8H,1-2H3,(H,16,17)(H2,14,15,18)/t7?,8-/m1/s1. The smallest absolute Gasteiger partial charge is 0.325 e. The van der Waals surface area contributed by atoms with Gasteiger partial charge in [0, 0.05) is 5.02 Å². The average Bonchev–Trinajstić information content (AvgIpc) is 2.29. The lowest BCUT2D eigenvalue weighted by atomic mass is 10.1. The second kappa shape index (κ2) is 6.26. The SMILES string of the molecule is CC(NC(=O)N[C@H](C)C(=O)O)c1ccc(Cl)cc1. The Hall–Kier alpha value is -1.75. The lowest BCUT2D eigenvalue weighted by molar-refractivity contribution is -0.138. The highest BCUT2D eigenvalue weighted by atomic mass is 35.5. The molecule has 0 aromatic heterocycles. The Labute approximate surface area is 110 Å². The number of carboxylic acid groups (broad SMARTS) is 1. The molecule has 6 heteroatoms. The number of hydrogen-bond acceptors (Lipinski definition) is 2. The third kappa shape index (κ3) is 4.25. The van der Waals surface area contributed by atoms with Crippen molar-refractivity contribution in [3.05, 3.63) is 34.9 Å². The molecule has 3 N–H and O–H groups in total. The number of carbonyl (C=O) groups is 2. The minimum absolute atomic E-state index is 0.233. The second-order valence-electron chi connectivity index (χ2n) is 3.95. The van der Waals surface area contributed by atoms with E-state index in [4.69, 9.17) is 16.7 Å². The molecule has 1 rings (SSSR count). The Balaban J connectivity index is 2.54. The molecule has 0 aliphatic carbocycles. The third-order valence-corrected chi connectivity index (χ3v) is 2.69. The van der Waals surface area contributed by atoms with Gasteiger partial charge in [-0.15, -0.1) is 0 Å². The van der Waals surface area contributed by atoms with Crippen molar-refractivity contribution in [2.75, 3.05) is 0 Å². The van der Waals surface area contributed by atoms with Crippen molar-refractivity contribution >= 4 is 23.6 Å². The van der Waals surface area contributed by atoms with Gasteiger partial charge in [0.25, 0.3) is 0 Å². The van der Waals surface area contributed by atoms with Crippen molar-refractivity contribution in [1.29, 1.82) is 0 Å². The first-order valence-corrected chi connectivity index (χ1v) is 5.83. The molecule has 0 radical (unpaired) electrons. The maximum Gasteiger partial charge on any atom is 0.325 e. The molecule has 18 heavy (non-hydrogen) atoms. The predicted molar refractivity (Wildman–Crippen MR) is 68.6 cm³/mol. The summed E-state index contributed by atoms with van der Waals surface area (Å²) in [5.74, 6) is -1.08. The number of urea groups is 1. The second-order valence-corrected chi connectivity index (χ2v) is 4.39. The van der Waals surface area contributed by atoms with Gasteiger partial charge in [-0.05, 0) is 31.5 Å². The lowest BCUT2D eigenvalue weighted by Crippen LogP contribution is -2.45. The van der Waals surface area contributed by atoms with Crippen LogP contribution in [0.25, 0.3) is 0 Å². The molecule has 98 valence electrons. The van der Waals surface area contributed by atoms with E-state index in [9.17, 15) is 9.59 Å². The quantitative estimate of drug-likeness (QED) is 0.785. The number of rotatable bonds is 4. The zero-order valence-electron chi connectivity index (χ0n) is 10.1. The fourth-order valence-corrected chi connectivity index (χ4v) is 1.46. The summed E-state index contributed by atoms with van der Waals surface area (Å²) < 4.78 is 0. The number of carboxylic acids is 1. The zero-order valence-corrected chi connectivity index (χ0v) is 10.9. The fourth-order valence-electron chi connectivity index (χ4n) is 1.33. The Morgan fingerprint density at radius 1 is 1.17 bits per heavy atom. The molecule has 0 saturated carbocycles. The van der Waals surface area contributed by atoms with Crippen molar-refractivity contribution in [3.63, 3.8) is 0 Å². The molecular formula is C12H15ClN2O3. The van der Waals surface area contributed by atoms with Crippen LogP contribution in [0.2, 0.25) is 5.02 Å². The van der Waals surface area contributed by atoms with Crippen LogP contribution >= 0.6 is 11.6 Å². The van der Waals surface area contributed by atoms with Gasteiger partial charge in [-0.3, -0.25) is 4.79 Å². The topological polar surface area (TPSA) is 78.4 Å². The number of nitrogens with one attached hydrogen (secondary N) is 2. The first-order valence-electron chi connectivity index (χ1n) is 5.45. The van der Waals surface area contributed by atoms with Crippen molar-refractivity contribution in [1.82, 2.24) is 10.6 Å². The van der Waals surface area contributed by atoms with Gasteiger partial charge in [-0.2, -0.15) is 0 Å². The Morgan fingerprint density at radius 2 is 1.72 bits per heavy atom. The highest BCUT2D eigenvalue weighted by molar-refractivity contribution is 6.30. The molecule has 2 atom stereocenters. The highest BCUT2D eigenvalue weighted by Gasteiger charge is 2.15. The van der Waals surface area contributed by atoms with E-state index in [1.165, 1.54) is 6.92 Å². The van der Waals surface area contributed by atoms with E-state index in [1.54, 1.807) is 31.2 Å². The van der Waals surface area contributed by atoms with E-state index < -0.39 is 18.0 Å². The number of hydrogen-bond donors (Lipinski definition) is 3. The first-order chi connectivity index (χ1) is 8.40. The van der Waals surface area contributed by atoms with Crippen LogP contribution in [0.1, 0.15) is 25.5 Å². The van der Waals surface area contributed by atoms with Crippen molar-refractivity contribution in [2.45, 2.75) is 25.9 Å². The number of amides is 2. The normalized spacial score (nSPS) is 13.5. The van der Waals surface area contributed by atoms with Crippen LogP contribution in [0.15, 0.2) is 24.3 Å². The minimum Gasteiger partial charge on any atom is -0.480 e. The van der Waals surface area contributed by atoms with Gasteiger partial charge in [0.05, 0.1) is 6.04 Å². The van der Waals surface area contributed by atoms with E-state index in [1.807, 2.05) is 0 Å². The fraction of sp³-hybridized carbons (Fsp3) is 0.333. The molecule has 0 aliphatic rings. The highest BCUT2D eigenvalue weighted by Crippen LogP contribution is 2.15. The van der Waals surface area contributed by atoms with Crippen molar-refractivity contribution in [3.8, 4) is 0 Å². The zero-order chi connectivity index (χ0) is 13.7. The van der Waals surface area contributed by atoms with Gasteiger partial charge in [-0.25, -0.2) is 4.79 Å². The van der Waals surface area contributed by atoms with Crippen LogP contribution in [0, 0.1) is 0 Å². The van der Waals surface area contributed by atoms with Crippen LogP contribution in [0.3, 0.4) is 0 Å². The van der Waals surface area contributed by atoms with Gasteiger partial charge in [0.15, 0.2) is 0 Å². The number of halogens is 1. The summed E-state index contributed by atoms with van der Waals surface area (Å²) in [5, 5.41) is 14.2. The van der Waals surface area contributed by atoms with Gasteiger partial charge < -0.3 is 15.7 Å². The molecule has 1 aromatic carbocycles. The van der Waals surface area contributed by atoms with E-state index in [2.05, 4.69) is 10.6 Å². The van der Waals surface area contributed by atoms with Gasteiger partial charge >= 0.3 is 12.0 Å². The summed E-state index contributed by atoms with van der Waals surface area (Å²) in [6, 6.07) is 5.37. The first kappa shape index (κ1) is 14.3. The summed E-state index contributed by atoms with van der Waals surface area (Å²) in [6.07, 6.45) is 0. The summed E-state index contributed by atoms with van der Waals surface area (Å²) >= 11 is 5.76. The molecule has 0 bridgehead atoms. The van der Waals surface area contributed by atoms with E-state index in [-0.39, 0.29) is 6.04 Å². The summed E-state index contributed by atoms with van der Waals surface area (Å²) in [7, 11) is 0. The Kier molecular flexibility index (Phi) is 4.97. The Bertz CT molecular complexity index is 433. The monoisotopic (exact) mass is 270 g/mol. The van der Waals surface area contributed by atoms with E-state index in [0.717, 1.165) is 5.56 Å². The molecular weight excluding hydrogens is 256 g/mol. The van der Waals surface area contributed by atoms with Crippen molar-refractivity contribution < 1.29 is 14.7 Å². The van der Waals surface area contributed by atoms with Crippen LogP contribution < -0.4 is 10.6 Å². The predicted octanol–water partition coefficient (Wildman–Crippen LogP) is 2.17. The van der Waals surface area contributed by atoms with E-state index in [0.29, 0.717) is 5.02 Å². The molecule has 0 spiro atoms. The van der Waals surface area contributed by atoms with Crippen LogP contribution in [-0.2, 0) is 4.79 Å². The molecule has 1 aromatic rings. The molecule has 0 saturated heterocycles. The maximum absolute atomic E-state index is 11.5. The summed E-state index contributed by atoms with van der Waals surface area (Å²) in [4.78, 5) is 22.1. The van der Waals surface area contributed by atoms with Crippen LogP contribution in [0.5, 0.6) is 0 Å². The molecule has 0 aliphatic heterocycles. The van der Waals surface area contributed by atoms with Crippen LogP contribution in [0.4, 0.5) is 4.79 Å². The summed E-state index contributed by atoms with van der Waals surface area (Å²) in [6.45, 7) is 3.20. The van der Waals surface area contributed by atoms with E-state index >= 15 is 0 Å². The number of aliphatic carboxylic acids is 1. The molecule has 1 unspecified atom stereocenters. The molecule has 0 heterocycles. The number of benzene rings is 1. The molecule has 0 fully saturated rings. The molecule has 2 amide bonds. The van der Waals surface area contributed by atoms with Gasteiger partial charge in [-0.1, -0.05) is 23.7 Å². The van der Waals surface area contributed by atoms with Crippen molar-refractivity contribution in [2.24, 2.45) is 0 Å². The molecule has 5 nitrogen and oxygen atoms in total. The maximum atomic E-state index is 11.5. The van der Waals surface area contributed by atoms with Gasteiger partial charge in [0.2, 0.25) is 0 Å². The number of carbonyl (C=O) groups excluding carboxylic acids is 1. The minimum atomic E-state index is -1.08. The van der Waals surface area contributed by atoms with Crippen LogP contribution in [-0.4, -0.2) is 23.1 Å². The average molecular weight is 271 g/mol. The summed E-state index contributed by atoms with van der Waals surface area (Å²) in [5.41, 5.74) is 0.887.